The zero-order valence-electron chi connectivity index (χ0n) is 11.1. The second kappa shape index (κ2) is 5.87. The first-order chi connectivity index (χ1) is 10.1. The van der Waals surface area contributed by atoms with Gasteiger partial charge >= 0.3 is 5.97 Å². The van der Waals surface area contributed by atoms with Crippen LogP contribution in [0.3, 0.4) is 0 Å². The maximum atomic E-state index is 13.4. The predicted molar refractivity (Wildman–Crippen MR) is 82.9 cm³/mol. The van der Waals surface area contributed by atoms with Crippen molar-refractivity contribution in [1.29, 1.82) is 0 Å². The van der Waals surface area contributed by atoms with Crippen molar-refractivity contribution >= 4 is 33.2 Å². The quantitative estimate of drug-likeness (QED) is 0.893. The van der Waals surface area contributed by atoms with Gasteiger partial charge in [-0.3, -0.25) is 9.69 Å². The molecule has 0 amide bonds. The molecular formula is C15H13BrFNO2S. The fraction of sp³-hybridized carbons (Fsp3) is 0.267. The van der Waals surface area contributed by atoms with Gasteiger partial charge in [-0.05, 0) is 47.2 Å². The van der Waals surface area contributed by atoms with Gasteiger partial charge in [0.2, 0.25) is 0 Å². The maximum absolute atomic E-state index is 13.4. The van der Waals surface area contributed by atoms with Crippen LogP contribution in [0.15, 0.2) is 34.1 Å². The number of rotatable bonds is 3. The van der Waals surface area contributed by atoms with Crippen molar-refractivity contribution in [1.82, 2.24) is 4.90 Å². The molecule has 0 aliphatic carbocycles. The highest BCUT2D eigenvalue weighted by atomic mass is 79.9. The molecule has 110 valence electrons. The molecule has 1 aromatic carbocycles. The molecule has 0 saturated carbocycles. The zero-order chi connectivity index (χ0) is 15.0. The molecule has 21 heavy (non-hydrogen) atoms. The van der Waals surface area contributed by atoms with E-state index in [4.69, 9.17) is 0 Å². The molecule has 2 heterocycles. The fourth-order valence-electron chi connectivity index (χ4n) is 2.71. The van der Waals surface area contributed by atoms with Crippen LogP contribution in [0.1, 0.15) is 22.0 Å². The number of aliphatic carboxylic acids is 1. The zero-order valence-corrected chi connectivity index (χ0v) is 13.5. The normalized spacial score (nSPS) is 18.5. The summed E-state index contributed by atoms with van der Waals surface area (Å²) in [4.78, 5) is 14.7. The van der Waals surface area contributed by atoms with Crippen molar-refractivity contribution in [2.24, 2.45) is 0 Å². The summed E-state index contributed by atoms with van der Waals surface area (Å²) in [5.74, 6) is -1.17. The molecule has 0 fully saturated rings. The molecule has 1 unspecified atom stereocenters. The van der Waals surface area contributed by atoms with Crippen LogP contribution in [0, 0.1) is 5.82 Å². The molecule has 1 aromatic heterocycles. The van der Waals surface area contributed by atoms with E-state index in [0.29, 0.717) is 13.1 Å². The minimum atomic E-state index is -0.859. The van der Waals surface area contributed by atoms with E-state index in [1.54, 1.807) is 17.4 Å². The van der Waals surface area contributed by atoms with E-state index in [9.17, 15) is 14.3 Å². The van der Waals surface area contributed by atoms with Crippen LogP contribution in [0.5, 0.6) is 0 Å². The van der Waals surface area contributed by atoms with Crippen molar-refractivity contribution in [2.75, 3.05) is 6.54 Å². The third-order valence-electron chi connectivity index (χ3n) is 3.68. The molecule has 0 spiro atoms. The Hall–Kier alpha value is -1.24. The molecule has 1 aliphatic heterocycles. The van der Waals surface area contributed by atoms with Gasteiger partial charge in [-0.2, -0.15) is 0 Å². The van der Waals surface area contributed by atoms with Crippen LogP contribution < -0.4 is 0 Å². The number of carbonyl (C=O) groups is 1. The smallest absolute Gasteiger partial charge is 0.325 e. The Labute approximate surface area is 134 Å². The van der Waals surface area contributed by atoms with Crippen LogP contribution >= 0.6 is 27.3 Å². The molecule has 3 rings (SSSR count). The topological polar surface area (TPSA) is 40.5 Å². The van der Waals surface area contributed by atoms with Crippen LogP contribution in [0.25, 0.3) is 0 Å². The predicted octanol–water partition coefficient (Wildman–Crippen LogP) is 3.83. The average molecular weight is 370 g/mol. The summed E-state index contributed by atoms with van der Waals surface area (Å²) in [6, 6.07) is 5.71. The van der Waals surface area contributed by atoms with Crippen LogP contribution in [0.4, 0.5) is 4.39 Å². The van der Waals surface area contributed by atoms with Gasteiger partial charge in [0.15, 0.2) is 0 Å². The minimum absolute atomic E-state index is 0.312. The van der Waals surface area contributed by atoms with E-state index in [0.717, 1.165) is 26.9 Å². The molecule has 3 nitrogen and oxygen atoms in total. The lowest BCUT2D eigenvalue weighted by Crippen LogP contribution is -2.38. The van der Waals surface area contributed by atoms with Crippen molar-refractivity contribution in [3.05, 3.63) is 55.9 Å². The second-order valence-corrected chi connectivity index (χ2v) is 6.85. The summed E-state index contributed by atoms with van der Waals surface area (Å²) >= 11 is 5.00. The molecule has 2 aromatic rings. The second-order valence-electron chi connectivity index (χ2n) is 5.00. The number of halogens is 2. The molecule has 1 aliphatic rings. The first-order valence-corrected chi connectivity index (χ1v) is 8.20. The lowest BCUT2D eigenvalue weighted by molar-refractivity contribution is -0.144. The van der Waals surface area contributed by atoms with Crippen molar-refractivity contribution in [3.8, 4) is 0 Å². The fourth-order valence-corrected chi connectivity index (χ4v) is 3.99. The summed E-state index contributed by atoms with van der Waals surface area (Å²) in [6.45, 7) is 1.07. The first-order valence-electron chi connectivity index (χ1n) is 6.53. The van der Waals surface area contributed by atoms with Crippen molar-refractivity contribution < 1.29 is 14.3 Å². The Balaban J connectivity index is 1.91. The van der Waals surface area contributed by atoms with Crippen LogP contribution in [-0.2, 0) is 17.8 Å². The summed E-state index contributed by atoms with van der Waals surface area (Å²) in [7, 11) is 0. The van der Waals surface area contributed by atoms with Gasteiger partial charge < -0.3 is 5.11 Å². The highest BCUT2D eigenvalue weighted by molar-refractivity contribution is 9.10. The highest BCUT2D eigenvalue weighted by Gasteiger charge is 2.33. The maximum Gasteiger partial charge on any atom is 0.325 e. The van der Waals surface area contributed by atoms with E-state index in [-0.39, 0.29) is 5.82 Å². The molecule has 0 saturated heterocycles. The summed E-state index contributed by atoms with van der Waals surface area (Å²) in [5.41, 5.74) is 1.63. The number of carboxylic acid groups (broad SMARTS) is 1. The van der Waals surface area contributed by atoms with Gasteiger partial charge in [0, 0.05) is 22.4 Å². The highest BCUT2D eigenvalue weighted by Crippen LogP contribution is 2.35. The Morgan fingerprint density at radius 3 is 3.05 bits per heavy atom. The Bertz CT molecular complexity index is 688. The van der Waals surface area contributed by atoms with E-state index in [1.165, 1.54) is 12.1 Å². The first kappa shape index (κ1) is 14.7. The molecule has 1 N–H and O–H groups in total. The van der Waals surface area contributed by atoms with E-state index in [1.807, 2.05) is 16.3 Å². The molecule has 6 heteroatoms. The van der Waals surface area contributed by atoms with Crippen LogP contribution in [0.2, 0.25) is 0 Å². The summed E-state index contributed by atoms with van der Waals surface area (Å²) in [5, 5.41) is 11.5. The van der Waals surface area contributed by atoms with Gasteiger partial charge in [-0.1, -0.05) is 15.9 Å². The number of carboxylic acids is 1. The van der Waals surface area contributed by atoms with Gasteiger partial charge in [0.25, 0.3) is 0 Å². The van der Waals surface area contributed by atoms with E-state index >= 15 is 0 Å². The molecule has 1 atom stereocenters. The monoisotopic (exact) mass is 369 g/mol. The lowest BCUT2D eigenvalue weighted by atomic mass is 9.99. The SMILES string of the molecule is O=C(O)C1c2ccsc2CCN1Cc1cc(F)ccc1Br. The van der Waals surface area contributed by atoms with Gasteiger partial charge in [-0.25, -0.2) is 4.39 Å². The Morgan fingerprint density at radius 2 is 2.29 bits per heavy atom. The standard InChI is InChI=1S/C15H13BrFNO2S/c16-12-2-1-10(17)7-9(12)8-18-5-3-13-11(4-6-21-13)14(18)15(19)20/h1-2,4,6-7,14H,3,5,8H2,(H,19,20). The lowest BCUT2D eigenvalue weighted by Gasteiger charge is -2.33. The number of thiophene rings is 1. The van der Waals surface area contributed by atoms with Gasteiger partial charge in [0.1, 0.15) is 11.9 Å². The molecule has 0 bridgehead atoms. The number of hydrogen-bond acceptors (Lipinski definition) is 3. The number of hydrogen-bond donors (Lipinski definition) is 1. The molecule has 0 radical (unpaired) electrons. The average Bonchev–Trinajstić information content (AvgIpc) is 2.90. The van der Waals surface area contributed by atoms with E-state index in [2.05, 4.69) is 15.9 Å². The number of nitrogens with zero attached hydrogens (tertiary/aromatic N) is 1. The third kappa shape index (κ3) is 2.88. The van der Waals surface area contributed by atoms with Gasteiger partial charge in [-0.15, -0.1) is 11.3 Å². The Morgan fingerprint density at radius 1 is 1.48 bits per heavy atom. The van der Waals surface area contributed by atoms with Gasteiger partial charge in [0.05, 0.1) is 0 Å². The minimum Gasteiger partial charge on any atom is -0.480 e. The van der Waals surface area contributed by atoms with Crippen molar-refractivity contribution in [3.63, 3.8) is 0 Å². The summed E-state index contributed by atoms with van der Waals surface area (Å²) < 4.78 is 14.2. The number of benzene rings is 1. The summed E-state index contributed by atoms with van der Waals surface area (Å²) in [6.07, 6.45) is 0.837. The third-order valence-corrected chi connectivity index (χ3v) is 5.45. The number of fused-ring (bicyclic) bond motifs is 1. The van der Waals surface area contributed by atoms with Crippen LogP contribution in [-0.4, -0.2) is 22.5 Å². The largest absolute Gasteiger partial charge is 0.480 e. The van der Waals surface area contributed by atoms with E-state index < -0.39 is 12.0 Å². The Kier molecular flexibility index (Phi) is 4.10. The molecular weight excluding hydrogens is 357 g/mol. The van der Waals surface area contributed by atoms with Crippen molar-refractivity contribution in [2.45, 2.75) is 19.0 Å².